The van der Waals surface area contributed by atoms with Gasteiger partial charge in [-0.3, -0.25) is 4.79 Å². The molecule has 2 aromatic rings. The molecular formula is C20H21ClFNO3S. The lowest BCUT2D eigenvalue weighted by atomic mass is 9.91. The van der Waals surface area contributed by atoms with Gasteiger partial charge in [0.2, 0.25) is 0 Å². The van der Waals surface area contributed by atoms with Crippen molar-refractivity contribution in [3.05, 3.63) is 64.4 Å². The molecule has 2 aromatic carbocycles. The highest BCUT2D eigenvalue weighted by atomic mass is 35.5. The molecule has 1 aliphatic carbocycles. The second-order valence-corrected chi connectivity index (χ2v) is 9.38. The highest BCUT2D eigenvalue weighted by Gasteiger charge is 2.29. The smallest absolute Gasteiger partial charge is 0.253 e. The van der Waals surface area contributed by atoms with Gasteiger partial charge in [0.05, 0.1) is 21.5 Å². The molecule has 1 N–H and O–H groups in total. The fourth-order valence-corrected chi connectivity index (χ4v) is 4.41. The number of sulfone groups is 1. The van der Waals surface area contributed by atoms with E-state index in [1.54, 1.807) is 12.1 Å². The number of hydrogen-bond donors (Lipinski definition) is 1. The van der Waals surface area contributed by atoms with Crippen molar-refractivity contribution >= 4 is 27.3 Å². The second-order valence-electron chi connectivity index (χ2n) is 6.96. The van der Waals surface area contributed by atoms with Gasteiger partial charge in [-0.2, -0.15) is 0 Å². The molecule has 0 aromatic heterocycles. The number of carbonyl (C=O) groups is 1. The normalized spacial score (nSPS) is 16.3. The van der Waals surface area contributed by atoms with E-state index < -0.39 is 15.7 Å². The molecule has 0 aliphatic heterocycles. The van der Waals surface area contributed by atoms with Gasteiger partial charge in [0, 0.05) is 6.26 Å². The third-order valence-corrected chi connectivity index (χ3v) is 6.44. The largest absolute Gasteiger partial charge is 0.345 e. The molecule has 0 heterocycles. The fraction of sp³-hybridized carbons (Fsp3) is 0.350. The van der Waals surface area contributed by atoms with Crippen LogP contribution < -0.4 is 5.32 Å². The number of carbonyl (C=O) groups excluding carboxylic acids is 1. The third-order valence-electron chi connectivity index (χ3n) is 5.00. The molecule has 0 radical (unpaired) electrons. The molecule has 1 atom stereocenters. The minimum absolute atomic E-state index is 0.0382. The van der Waals surface area contributed by atoms with Crippen LogP contribution in [-0.4, -0.2) is 20.6 Å². The minimum atomic E-state index is -3.46. The van der Waals surface area contributed by atoms with E-state index in [2.05, 4.69) is 5.32 Å². The Bertz CT molecular complexity index is 938. The highest BCUT2D eigenvalue weighted by Crippen LogP contribution is 2.36. The van der Waals surface area contributed by atoms with Crippen LogP contribution >= 0.6 is 11.6 Å². The Hall–Kier alpha value is -1.92. The Balaban J connectivity index is 1.92. The standard InChI is InChI=1S/C20H21ClFNO3S/c1-27(25,26)16-10-11-18(21)17(12-16)20(24)23-19(13-4-2-3-5-13)14-6-8-15(22)9-7-14/h6-13,19H,2-5H2,1H3,(H,23,24)/t19-/m0/s1. The Morgan fingerprint density at radius 2 is 1.78 bits per heavy atom. The van der Waals surface area contributed by atoms with Crippen LogP contribution in [-0.2, 0) is 9.84 Å². The Morgan fingerprint density at radius 1 is 1.15 bits per heavy atom. The molecule has 1 saturated carbocycles. The summed E-state index contributed by atoms with van der Waals surface area (Å²) in [5.41, 5.74) is 0.941. The number of rotatable bonds is 5. The molecule has 0 unspecified atom stereocenters. The van der Waals surface area contributed by atoms with Gasteiger partial charge < -0.3 is 5.32 Å². The number of hydrogen-bond acceptors (Lipinski definition) is 3. The Morgan fingerprint density at radius 3 is 2.37 bits per heavy atom. The summed E-state index contributed by atoms with van der Waals surface area (Å²) < 4.78 is 36.9. The van der Waals surface area contributed by atoms with E-state index in [0.29, 0.717) is 0 Å². The van der Waals surface area contributed by atoms with Crippen molar-refractivity contribution in [2.75, 3.05) is 6.26 Å². The first-order valence-electron chi connectivity index (χ1n) is 8.81. The number of benzene rings is 2. The average molecular weight is 410 g/mol. The molecule has 1 amide bonds. The molecular weight excluding hydrogens is 389 g/mol. The van der Waals surface area contributed by atoms with E-state index in [1.165, 1.54) is 30.3 Å². The first-order valence-corrected chi connectivity index (χ1v) is 11.1. The monoisotopic (exact) mass is 409 g/mol. The topological polar surface area (TPSA) is 63.2 Å². The predicted octanol–water partition coefficient (Wildman–Crippen LogP) is 4.54. The first-order chi connectivity index (χ1) is 12.8. The van der Waals surface area contributed by atoms with E-state index >= 15 is 0 Å². The summed E-state index contributed by atoms with van der Waals surface area (Å²) in [7, 11) is -3.46. The fourth-order valence-electron chi connectivity index (χ4n) is 3.56. The zero-order chi connectivity index (χ0) is 19.6. The summed E-state index contributed by atoms with van der Waals surface area (Å²) in [6, 6.07) is 9.90. The van der Waals surface area contributed by atoms with Crippen LogP contribution in [0.15, 0.2) is 47.4 Å². The molecule has 0 spiro atoms. The molecule has 7 heteroatoms. The van der Waals surface area contributed by atoms with Crippen LogP contribution in [0, 0.1) is 11.7 Å². The van der Waals surface area contributed by atoms with Gasteiger partial charge in [0.15, 0.2) is 9.84 Å². The molecule has 0 saturated heterocycles. The van der Waals surface area contributed by atoms with Gasteiger partial charge in [-0.05, 0) is 54.7 Å². The summed E-state index contributed by atoms with van der Waals surface area (Å²) in [5, 5.41) is 3.17. The maximum absolute atomic E-state index is 13.3. The van der Waals surface area contributed by atoms with E-state index in [4.69, 9.17) is 11.6 Å². The zero-order valence-corrected chi connectivity index (χ0v) is 16.5. The van der Waals surface area contributed by atoms with Crippen molar-refractivity contribution in [3.63, 3.8) is 0 Å². The lowest BCUT2D eigenvalue weighted by Crippen LogP contribution is -2.33. The van der Waals surface area contributed by atoms with E-state index in [-0.39, 0.29) is 33.3 Å². The molecule has 1 aliphatic rings. The summed E-state index contributed by atoms with van der Waals surface area (Å²) in [4.78, 5) is 12.9. The predicted molar refractivity (Wildman–Crippen MR) is 103 cm³/mol. The Kier molecular flexibility index (Phi) is 5.86. The zero-order valence-electron chi connectivity index (χ0n) is 14.9. The summed E-state index contributed by atoms with van der Waals surface area (Å²) >= 11 is 6.15. The van der Waals surface area contributed by atoms with E-state index in [1.807, 2.05) is 0 Å². The van der Waals surface area contributed by atoms with Crippen LogP contribution in [0.1, 0.15) is 47.6 Å². The summed E-state index contributed by atoms with van der Waals surface area (Å²) in [6.45, 7) is 0. The molecule has 0 bridgehead atoms. The number of nitrogens with one attached hydrogen (secondary N) is 1. The van der Waals surface area contributed by atoms with Crippen molar-refractivity contribution in [3.8, 4) is 0 Å². The average Bonchev–Trinajstić information content (AvgIpc) is 3.14. The van der Waals surface area contributed by atoms with Gasteiger partial charge in [0.25, 0.3) is 5.91 Å². The lowest BCUT2D eigenvalue weighted by molar-refractivity contribution is 0.0921. The summed E-state index contributed by atoms with van der Waals surface area (Å²) in [5.74, 6) is -0.526. The minimum Gasteiger partial charge on any atom is -0.345 e. The van der Waals surface area contributed by atoms with Crippen LogP contribution in [0.2, 0.25) is 5.02 Å². The maximum Gasteiger partial charge on any atom is 0.253 e. The van der Waals surface area contributed by atoms with Crippen molar-refractivity contribution in [2.45, 2.75) is 36.6 Å². The first kappa shape index (κ1) is 19.8. The van der Waals surface area contributed by atoms with Gasteiger partial charge in [-0.25, -0.2) is 12.8 Å². The molecule has 144 valence electrons. The van der Waals surface area contributed by atoms with Crippen LogP contribution in [0.25, 0.3) is 0 Å². The summed E-state index contributed by atoms with van der Waals surface area (Å²) in [6.07, 6.45) is 5.20. The van der Waals surface area contributed by atoms with Gasteiger partial charge in [-0.1, -0.05) is 36.6 Å². The molecule has 27 heavy (non-hydrogen) atoms. The van der Waals surface area contributed by atoms with Gasteiger partial charge in [-0.15, -0.1) is 0 Å². The third kappa shape index (κ3) is 4.68. The SMILES string of the molecule is CS(=O)(=O)c1ccc(Cl)c(C(=O)N[C@H](c2ccc(F)cc2)C2CCCC2)c1. The number of amides is 1. The van der Waals surface area contributed by atoms with Crippen LogP contribution in [0.5, 0.6) is 0 Å². The van der Waals surface area contributed by atoms with Crippen LogP contribution in [0.3, 0.4) is 0 Å². The molecule has 3 rings (SSSR count). The van der Waals surface area contributed by atoms with Crippen LogP contribution in [0.4, 0.5) is 4.39 Å². The van der Waals surface area contributed by atoms with E-state index in [9.17, 15) is 17.6 Å². The van der Waals surface area contributed by atoms with Crippen molar-refractivity contribution in [1.82, 2.24) is 5.32 Å². The van der Waals surface area contributed by atoms with Crippen molar-refractivity contribution in [1.29, 1.82) is 0 Å². The Labute approximate surface area is 163 Å². The molecule has 4 nitrogen and oxygen atoms in total. The highest BCUT2D eigenvalue weighted by molar-refractivity contribution is 7.90. The van der Waals surface area contributed by atoms with Gasteiger partial charge >= 0.3 is 0 Å². The molecule has 1 fully saturated rings. The second kappa shape index (κ2) is 7.98. The van der Waals surface area contributed by atoms with Gasteiger partial charge in [0.1, 0.15) is 5.82 Å². The van der Waals surface area contributed by atoms with Crippen molar-refractivity contribution < 1.29 is 17.6 Å². The quantitative estimate of drug-likeness (QED) is 0.788. The lowest BCUT2D eigenvalue weighted by Gasteiger charge is -2.25. The van der Waals surface area contributed by atoms with Crippen molar-refractivity contribution in [2.24, 2.45) is 5.92 Å². The number of halogens is 2. The van der Waals surface area contributed by atoms with E-state index in [0.717, 1.165) is 37.5 Å². The maximum atomic E-state index is 13.3.